The molecule has 0 aliphatic carbocycles. The van der Waals surface area contributed by atoms with Gasteiger partial charge in [0.25, 0.3) is 0 Å². The summed E-state index contributed by atoms with van der Waals surface area (Å²) < 4.78 is 0. The van der Waals surface area contributed by atoms with Gasteiger partial charge in [-0.05, 0) is 56.3 Å². The molecule has 1 aromatic rings. The Morgan fingerprint density at radius 1 is 1.47 bits per heavy atom. The monoisotopic (exact) mass is 279 g/mol. The lowest BCUT2D eigenvalue weighted by atomic mass is 9.84. The Hall–Kier alpha value is -0.670. The molecule has 1 saturated heterocycles. The highest BCUT2D eigenvalue weighted by atomic mass is 32.1. The van der Waals surface area contributed by atoms with E-state index in [1.165, 1.54) is 22.6 Å². The number of piperidine rings is 1. The molecule has 0 spiro atoms. The van der Waals surface area contributed by atoms with Crippen LogP contribution in [0.4, 0.5) is 0 Å². The Labute approximate surface area is 120 Å². The first-order valence-corrected chi connectivity index (χ1v) is 8.30. The van der Waals surface area contributed by atoms with Gasteiger partial charge in [0.2, 0.25) is 0 Å². The third-order valence-electron chi connectivity index (χ3n) is 4.13. The van der Waals surface area contributed by atoms with Crippen LogP contribution in [0.5, 0.6) is 0 Å². The number of nitrogens with one attached hydrogen (secondary N) is 1. The summed E-state index contributed by atoms with van der Waals surface area (Å²) >= 11 is 1.79. The minimum Gasteiger partial charge on any atom is -0.316 e. The molecule has 19 heavy (non-hydrogen) atoms. The number of rotatable bonds is 6. The predicted molar refractivity (Wildman–Crippen MR) is 81.8 cm³/mol. The second-order valence-electron chi connectivity index (χ2n) is 5.72. The molecular weight excluding hydrogens is 254 g/mol. The van der Waals surface area contributed by atoms with E-state index in [4.69, 9.17) is 0 Å². The van der Waals surface area contributed by atoms with E-state index >= 15 is 0 Å². The van der Waals surface area contributed by atoms with Crippen LogP contribution in [0.25, 0.3) is 0 Å². The Kier molecular flexibility index (Phi) is 5.59. The number of Topliss-reactive ketones (excluding diaryl/α,β-unsaturated/α-hetero) is 1. The molecule has 0 bridgehead atoms. The van der Waals surface area contributed by atoms with Gasteiger partial charge in [-0.15, -0.1) is 11.3 Å². The summed E-state index contributed by atoms with van der Waals surface area (Å²) in [5.41, 5.74) is 0. The first kappa shape index (κ1) is 14.7. The van der Waals surface area contributed by atoms with E-state index in [9.17, 15) is 4.79 Å². The number of ketones is 1. The number of carbonyl (C=O) groups excluding carboxylic acids is 1. The average molecular weight is 279 g/mol. The van der Waals surface area contributed by atoms with Crippen LogP contribution in [-0.2, 0) is 17.6 Å². The van der Waals surface area contributed by atoms with Gasteiger partial charge < -0.3 is 5.32 Å². The highest BCUT2D eigenvalue weighted by molar-refractivity contribution is 7.12. The van der Waals surface area contributed by atoms with Crippen molar-refractivity contribution in [3.63, 3.8) is 0 Å². The van der Waals surface area contributed by atoms with Crippen molar-refractivity contribution in [3.05, 3.63) is 21.9 Å². The minimum absolute atomic E-state index is 0.405. The Morgan fingerprint density at radius 3 is 2.89 bits per heavy atom. The van der Waals surface area contributed by atoms with Gasteiger partial charge in [-0.1, -0.05) is 13.8 Å². The van der Waals surface area contributed by atoms with E-state index in [0.717, 1.165) is 25.9 Å². The van der Waals surface area contributed by atoms with Crippen molar-refractivity contribution in [2.24, 2.45) is 11.8 Å². The Balaban J connectivity index is 1.79. The van der Waals surface area contributed by atoms with E-state index < -0.39 is 0 Å². The molecule has 1 aliphatic rings. The third-order valence-corrected chi connectivity index (χ3v) is 5.36. The zero-order valence-electron chi connectivity index (χ0n) is 12.1. The van der Waals surface area contributed by atoms with Gasteiger partial charge in [-0.3, -0.25) is 4.79 Å². The molecular formula is C16H25NOS. The van der Waals surface area contributed by atoms with Crippen molar-refractivity contribution in [2.75, 3.05) is 13.1 Å². The van der Waals surface area contributed by atoms with Crippen LogP contribution in [0.2, 0.25) is 0 Å². The topological polar surface area (TPSA) is 29.1 Å². The van der Waals surface area contributed by atoms with E-state index in [-0.39, 0.29) is 0 Å². The van der Waals surface area contributed by atoms with Crippen molar-refractivity contribution < 1.29 is 4.79 Å². The molecule has 106 valence electrons. The summed E-state index contributed by atoms with van der Waals surface area (Å²) in [4.78, 5) is 14.8. The average Bonchev–Trinajstić information content (AvgIpc) is 2.87. The minimum atomic E-state index is 0.405. The summed E-state index contributed by atoms with van der Waals surface area (Å²) in [6, 6.07) is 4.27. The van der Waals surface area contributed by atoms with Gasteiger partial charge >= 0.3 is 0 Å². The molecule has 1 fully saturated rings. The molecule has 2 rings (SSSR count). The molecule has 1 aromatic heterocycles. The zero-order valence-corrected chi connectivity index (χ0v) is 12.9. The largest absolute Gasteiger partial charge is 0.316 e. The van der Waals surface area contributed by atoms with Gasteiger partial charge in [0.05, 0.1) is 0 Å². The summed E-state index contributed by atoms with van der Waals surface area (Å²) in [5.74, 6) is 1.61. The molecule has 3 heteroatoms. The lowest BCUT2D eigenvalue weighted by molar-refractivity contribution is -0.119. The number of aryl methyl sites for hydroxylation is 1. The van der Waals surface area contributed by atoms with Crippen molar-refractivity contribution >= 4 is 17.1 Å². The SMILES string of the molecule is CCc1ccc(CC(=O)CC(C)C2CCCNC2)s1. The van der Waals surface area contributed by atoms with Crippen LogP contribution in [0.3, 0.4) is 0 Å². The van der Waals surface area contributed by atoms with Crippen LogP contribution in [0.15, 0.2) is 12.1 Å². The molecule has 0 radical (unpaired) electrons. The normalized spacial score (nSPS) is 21.3. The fourth-order valence-electron chi connectivity index (χ4n) is 2.86. The van der Waals surface area contributed by atoms with Crippen LogP contribution in [0, 0.1) is 11.8 Å². The molecule has 1 aliphatic heterocycles. The van der Waals surface area contributed by atoms with Gasteiger partial charge in [0.15, 0.2) is 0 Å². The van der Waals surface area contributed by atoms with Crippen molar-refractivity contribution in [2.45, 2.75) is 46.0 Å². The summed E-state index contributed by atoms with van der Waals surface area (Å²) in [6.07, 6.45) is 4.98. The summed E-state index contributed by atoms with van der Waals surface area (Å²) in [6.45, 7) is 6.64. The van der Waals surface area contributed by atoms with Crippen LogP contribution in [0.1, 0.15) is 42.9 Å². The smallest absolute Gasteiger partial charge is 0.138 e. The van der Waals surface area contributed by atoms with Gasteiger partial charge in [0.1, 0.15) is 5.78 Å². The van der Waals surface area contributed by atoms with Gasteiger partial charge in [-0.25, -0.2) is 0 Å². The van der Waals surface area contributed by atoms with Crippen LogP contribution >= 0.6 is 11.3 Å². The summed E-state index contributed by atoms with van der Waals surface area (Å²) in [7, 11) is 0. The summed E-state index contributed by atoms with van der Waals surface area (Å²) in [5, 5.41) is 3.44. The number of carbonyl (C=O) groups is 1. The maximum Gasteiger partial charge on any atom is 0.138 e. The van der Waals surface area contributed by atoms with Crippen molar-refractivity contribution in [3.8, 4) is 0 Å². The number of hydrogen-bond donors (Lipinski definition) is 1. The first-order valence-electron chi connectivity index (χ1n) is 7.49. The maximum atomic E-state index is 12.1. The molecule has 0 saturated carbocycles. The molecule has 2 atom stereocenters. The second kappa shape index (κ2) is 7.20. The highest BCUT2D eigenvalue weighted by Gasteiger charge is 2.22. The maximum absolute atomic E-state index is 12.1. The molecule has 0 amide bonds. The quantitative estimate of drug-likeness (QED) is 0.864. The predicted octanol–water partition coefficient (Wildman–Crippen LogP) is 3.45. The molecule has 1 N–H and O–H groups in total. The second-order valence-corrected chi connectivity index (χ2v) is 6.98. The Morgan fingerprint density at radius 2 is 2.26 bits per heavy atom. The number of thiophene rings is 1. The van der Waals surface area contributed by atoms with Gasteiger partial charge in [-0.2, -0.15) is 0 Å². The third kappa shape index (κ3) is 4.43. The zero-order chi connectivity index (χ0) is 13.7. The fraction of sp³-hybridized carbons (Fsp3) is 0.688. The molecule has 0 aromatic carbocycles. The van der Waals surface area contributed by atoms with Crippen molar-refractivity contribution in [1.29, 1.82) is 0 Å². The lowest BCUT2D eigenvalue weighted by Gasteiger charge is -2.27. The van der Waals surface area contributed by atoms with Crippen LogP contribution in [-0.4, -0.2) is 18.9 Å². The van der Waals surface area contributed by atoms with E-state index in [2.05, 4.69) is 31.3 Å². The highest BCUT2D eigenvalue weighted by Crippen LogP contribution is 2.24. The van der Waals surface area contributed by atoms with Crippen LogP contribution < -0.4 is 5.32 Å². The fourth-order valence-corrected chi connectivity index (χ4v) is 3.85. The van der Waals surface area contributed by atoms with E-state index in [1.54, 1.807) is 11.3 Å². The standard InChI is InChI=1S/C16H25NOS/c1-3-15-6-7-16(19-15)10-14(18)9-12(2)13-5-4-8-17-11-13/h6-7,12-13,17H,3-5,8-11H2,1-2H3. The molecule has 2 heterocycles. The van der Waals surface area contributed by atoms with E-state index in [0.29, 0.717) is 24.0 Å². The lowest BCUT2D eigenvalue weighted by Crippen LogP contribution is -2.34. The molecule has 2 unspecified atom stereocenters. The van der Waals surface area contributed by atoms with E-state index in [1.807, 2.05) is 0 Å². The van der Waals surface area contributed by atoms with Crippen molar-refractivity contribution in [1.82, 2.24) is 5.32 Å². The van der Waals surface area contributed by atoms with Gasteiger partial charge in [0, 0.05) is 22.6 Å². The first-order chi connectivity index (χ1) is 9.19. The number of hydrogen-bond acceptors (Lipinski definition) is 3. The molecule has 2 nitrogen and oxygen atoms in total. The Bertz CT molecular complexity index is 407.